The minimum absolute atomic E-state index is 0.199. The van der Waals surface area contributed by atoms with Gasteiger partial charge in [0.05, 0.1) is 17.8 Å². The highest BCUT2D eigenvalue weighted by molar-refractivity contribution is 9.10. The maximum Gasteiger partial charge on any atom is 0.225 e. The lowest BCUT2D eigenvalue weighted by molar-refractivity contribution is -0.116. The van der Waals surface area contributed by atoms with Gasteiger partial charge in [0.1, 0.15) is 23.2 Å². The van der Waals surface area contributed by atoms with Gasteiger partial charge in [0.15, 0.2) is 0 Å². The second-order valence-electron chi connectivity index (χ2n) is 4.72. The Morgan fingerprint density at radius 2 is 2.35 bits per heavy atom. The van der Waals surface area contributed by atoms with Crippen molar-refractivity contribution in [2.24, 2.45) is 7.05 Å². The van der Waals surface area contributed by atoms with Crippen molar-refractivity contribution in [3.05, 3.63) is 39.5 Å². The van der Waals surface area contributed by atoms with Crippen LogP contribution in [0.25, 0.3) is 0 Å². The van der Waals surface area contributed by atoms with E-state index in [2.05, 4.69) is 26.3 Å². The van der Waals surface area contributed by atoms with E-state index in [-0.39, 0.29) is 12.3 Å². The summed E-state index contributed by atoms with van der Waals surface area (Å²) in [4.78, 5) is 11.9. The molecule has 23 heavy (non-hydrogen) atoms. The number of aryl methyl sites for hydroxylation is 1. The Balaban J connectivity index is 1.79. The first-order valence-corrected chi connectivity index (χ1v) is 7.98. The molecule has 120 valence electrons. The van der Waals surface area contributed by atoms with Crippen molar-refractivity contribution in [3.63, 3.8) is 0 Å². The van der Waals surface area contributed by atoms with E-state index in [4.69, 9.17) is 21.6 Å². The SMILES string of the molecule is Cn1ncc(C#N)c1NC(=O)CCCOc1ccc(Br)cc1Cl. The van der Waals surface area contributed by atoms with Crippen LogP contribution >= 0.6 is 27.5 Å². The third-order valence-electron chi connectivity index (χ3n) is 3.02. The average Bonchev–Trinajstić information content (AvgIpc) is 2.86. The van der Waals surface area contributed by atoms with Gasteiger partial charge in [-0.3, -0.25) is 9.48 Å². The molecule has 1 heterocycles. The molecule has 0 aliphatic rings. The molecule has 0 fully saturated rings. The van der Waals surface area contributed by atoms with Gasteiger partial charge in [-0.2, -0.15) is 10.4 Å². The number of nitriles is 1. The lowest BCUT2D eigenvalue weighted by atomic mass is 10.3. The zero-order valence-electron chi connectivity index (χ0n) is 12.3. The van der Waals surface area contributed by atoms with Gasteiger partial charge in [0, 0.05) is 17.9 Å². The molecular formula is C15H14BrClN4O2. The molecule has 0 aliphatic carbocycles. The minimum Gasteiger partial charge on any atom is -0.492 e. The topological polar surface area (TPSA) is 79.9 Å². The van der Waals surface area contributed by atoms with Crippen LogP contribution in [0.5, 0.6) is 5.75 Å². The Bertz CT molecular complexity index is 754. The fraction of sp³-hybridized carbons (Fsp3) is 0.267. The van der Waals surface area contributed by atoms with E-state index in [1.165, 1.54) is 10.9 Å². The van der Waals surface area contributed by atoms with Crippen molar-refractivity contribution in [1.82, 2.24) is 9.78 Å². The lowest BCUT2D eigenvalue weighted by Crippen LogP contribution is -2.16. The predicted molar refractivity (Wildman–Crippen MR) is 90.4 cm³/mol. The summed E-state index contributed by atoms with van der Waals surface area (Å²) >= 11 is 9.36. The Kier molecular flexibility index (Phi) is 6.02. The summed E-state index contributed by atoms with van der Waals surface area (Å²) in [6.07, 6.45) is 2.20. The van der Waals surface area contributed by atoms with Crippen molar-refractivity contribution in [2.75, 3.05) is 11.9 Å². The molecule has 0 radical (unpaired) electrons. The van der Waals surface area contributed by atoms with Gasteiger partial charge in [-0.1, -0.05) is 27.5 Å². The van der Waals surface area contributed by atoms with Crippen LogP contribution in [0.1, 0.15) is 18.4 Å². The van der Waals surface area contributed by atoms with Gasteiger partial charge >= 0.3 is 0 Å². The molecule has 0 unspecified atom stereocenters. The number of halogens is 2. The number of carbonyl (C=O) groups is 1. The zero-order valence-corrected chi connectivity index (χ0v) is 14.7. The van der Waals surface area contributed by atoms with Crippen LogP contribution in [0, 0.1) is 11.3 Å². The zero-order chi connectivity index (χ0) is 16.8. The van der Waals surface area contributed by atoms with E-state index >= 15 is 0 Å². The Labute approximate surface area is 147 Å². The molecule has 2 aromatic rings. The molecule has 0 spiro atoms. The Hall–Kier alpha value is -2.04. The summed E-state index contributed by atoms with van der Waals surface area (Å²) < 4.78 is 7.87. The predicted octanol–water partition coefficient (Wildman–Crippen LogP) is 3.51. The lowest BCUT2D eigenvalue weighted by Gasteiger charge is -2.09. The maximum atomic E-state index is 11.9. The number of hydrogen-bond donors (Lipinski definition) is 1. The van der Waals surface area contributed by atoms with Crippen LogP contribution in [0.2, 0.25) is 5.02 Å². The van der Waals surface area contributed by atoms with E-state index in [1.807, 2.05) is 12.1 Å². The summed E-state index contributed by atoms with van der Waals surface area (Å²) in [7, 11) is 1.66. The Morgan fingerprint density at radius 1 is 1.57 bits per heavy atom. The number of benzene rings is 1. The number of nitrogens with zero attached hydrogens (tertiary/aromatic N) is 3. The van der Waals surface area contributed by atoms with Crippen LogP contribution < -0.4 is 10.1 Å². The van der Waals surface area contributed by atoms with Crippen LogP contribution in [-0.4, -0.2) is 22.3 Å². The first-order valence-electron chi connectivity index (χ1n) is 6.81. The largest absolute Gasteiger partial charge is 0.492 e. The minimum atomic E-state index is -0.199. The Morgan fingerprint density at radius 3 is 3.04 bits per heavy atom. The normalized spacial score (nSPS) is 10.2. The molecule has 1 aromatic heterocycles. The summed E-state index contributed by atoms with van der Waals surface area (Å²) in [5, 5.41) is 16.1. The van der Waals surface area contributed by atoms with E-state index in [0.717, 1.165) is 4.47 Å². The molecule has 2 rings (SSSR count). The molecule has 1 N–H and O–H groups in total. The van der Waals surface area contributed by atoms with Crippen LogP contribution in [0.15, 0.2) is 28.9 Å². The molecule has 0 aliphatic heterocycles. The van der Waals surface area contributed by atoms with Crippen molar-refractivity contribution < 1.29 is 9.53 Å². The van der Waals surface area contributed by atoms with E-state index < -0.39 is 0 Å². The van der Waals surface area contributed by atoms with Crippen LogP contribution in [0.3, 0.4) is 0 Å². The van der Waals surface area contributed by atoms with Gasteiger partial charge in [-0.25, -0.2) is 0 Å². The summed E-state index contributed by atoms with van der Waals surface area (Å²) in [6.45, 7) is 0.366. The first-order chi connectivity index (χ1) is 11.0. The van der Waals surface area contributed by atoms with E-state index in [9.17, 15) is 4.79 Å². The standard InChI is InChI=1S/C15H14BrClN4O2/c1-21-15(10(8-18)9-19-21)20-14(22)3-2-6-23-13-5-4-11(16)7-12(13)17/h4-5,7,9H,2-3,6H2,1H3,(H,20,22). The monoisotopic (exact) mass is 396 g/mol. The highest BCUT2D eigenvalue weighted by atomic mass is 79.9. The first kappa shape index (κ1) is 17.3. The quantitative estimate of drug-likeness (QED) is 0.757. The molecule has 0 atom stereocenters. The number of rotatable bonds is 6. The van der Waals surface area contributed by atoms with Crippen molar-refractivity contribution in [2.45, 2.75) is 12.8 Å². The number of amides is 1. The maximum absolute atomic E-state index is 11.9. The number of aromatic nitrogens is 2. The summed E-state index contributed by atoms with van der Waals surface area (Å²) in [5.41, 5.74) is 0.332. The molecule has 0 bridgehead atoms. The van der Waals surface area contributed by atoms with Crippen molar-refractivity contribution in [1.29, 1.82) is 5.26 Å². The molecule has 8 heteroatoms. The number of anilines is 1. The molecular weight excluding hydrogens is 384 g/mol. The fourth-order valence-corrected chi connectivity index (χ4v) is 2.60. The molecule has 1 amide bonds. The average molecular weight is 398 g/mol. The fourth-order valence-electron chi connectivity index (χ4n) is 1.87. The van der Waals surface area contributed by atoms with Crippen LogP contribution in [-0.2, 0) is 11.8 Å². The van der Waals surface area contributed by atoms with Crippen molar-refractivity contribution in [3.8, 4) is 11.8 Å². The molecule has 0 saturated carbocycles. The van der Waals surface area contributed by atoms with Crippen molar-refractivity contribution >= 4 is 39.3 Å². The van der Waals surface area contributed by atoms with Gasteiger partial charge < -0.3 is 10.1 Å². The highest BCUT2D eigenvalue weighted by Crippen LogP contribution is 2.27. The van der Waals surface area contributed by atoms with Gasteiger partial charge in [0.25, 0.3) is 0 Å². The molecule has 0 saturated heterocycles. The van der Waals surface area contributed by atoms with E-state index in [0.29, 0.717) is 35.2 Å². The number of ether oxygens (including phenoxy) is 1. The number of nitrogens with one attached hydrogen (secondary N) is 1. The van der Waals surface area contributed by atoms with Crippen LogP contribution in [0.4, 0.5) is 5.82 Å². The van der Waals surface area contributed by atoms with Gasteiger partial charge in [-0.05, 0) is 24.6 Å². The smallest absolute Gasteiger partial charge is 0.225 e. The summed E-state index contributed by atoms with van der Waals surface area (Å²) in [6, 6.07) is 7.32. The molecule has 6 nitrogen and oxygen atoms in total. The summed E-state index contributed by atoms with van der Waals surface area (Å²) in [5.74, 6) is 0.777. The van der Waals surface area contributed by atoms with E-state index in [1.54, 1.807) is 19.2 Å². The highest BCUT2D eigenvalue weighted by Gasteiger charge is 2.11. The molecule has 1 aromatic carbocycles. The third-order valence-corrected chi connectivity index (χ3v) is 3.81. The third kappa shape index (κ3) is 4.71. The second kappa shape index (κ2) is 7.99. The number of carbonyl (C=O) groups excluding carboxylic acids is 1. The van der Waals surface area contributed by atoms with Gasteiger partial charge in [0.2, 0.25) is 5.91 Å². The van der Waals surface area contributed by atoms with Gasteiger partial charge in [-0.15, -0.1) is 0 Å². The number of hydrogen-bond acceptors (Lipinski definition) is 4. The second-order valence-corrected chi connectivity index (χ2v) is 6.04.